The molecular formula is C25H21FN6S. The Labute approximate surface area is 193 Å². The minimum Gasteiger partial charge on any atom is -0.399 e. The van der Waals surface area contributed by atoms with Crippen LogP contribution in [0.2, 0.25) is 0 Å². The standard InChI is InChI=1S/C25H21FN6S/c1-4-14(12-15(27)5-2)16-7-8-17-20(21(16)26)24(32-31-17)25-29-18-10-11-28-23(22(18)30-25)19-9-6-13(3)33-19/h4-12H,2,27H2,1,3H3,(H,29,30)(H,31,32)/b14-4+,15-12+. The number of H-pyrrole nitrogens is 2. The molecule has 0 bridgehead atoms. The number of fused-ring (bicyclic) bond motifs is 2. The quantitative estimate of drug-likeness (QED) is 0.278. The number of aryl methyl sites for hydroxylation is 1. The fraction of sp³-hybridized carbons (Fsp3) is 0.0800. The third-order valence-corrected chi connectivity index (χ3v) is 6.45. The molecule has 0 spiro atoms. The molecule has 164 valence electrons. The van der Waals surface area contributed by atoms with Crippen molar-refractivity contribution in [2.45, 2.75) is 13.8 Å². The lowest BCUT2D eigenvalue weighted by Crippen LogP contribution is -1.96. The van der Waals surface area contributed by atoms with Gasteiger partial charge in [-0.25, -0.2) is 9.37 Å². The number of aromatic nitrogens is 5. The van der Waals surface area contributed by atoms with Crippen LogP contribution in [0.5, 0.6) is 0 Å². The third-order valence-electron chi connectivity index (χ3n) is 5.45. The zero-order valence-corrected chi connectivity index (χ0v) is 18.9. The molecule has 0 fully saturated rings. The average Bonchev–Trinajstić information content (AvgIpc) is 3.55. The largest absolute Gasteiger partial charge is 0.399 e. The molecule has 0 amide bonds. The molecule has 5 aromatic rings. The van der Waals surface area contributed by atoms with E-state index in [0.717, 1.165) is 21.6 Å². The number of halogens is 1. The van der Waals surface area contributed by atoms with E-state index >= 15 is 4.39 Å². The van der Waals surface area contributed by atoms with E-state index in [1.54, 1.807) is 35.7 Å². The van der Waals surface area contributed by atoms with Crippen molar-refractivity contribution >= 4 is 38.8 Å². The lowest BCUT2D eigenvalue weighted by Gasteiger charge is -2.07. The van der Waals surface area contributed by atoms with E-state index in [1.807, 2.05) is 25.1 Å². The lowest BCUT2D eigenvalue weighted by atomic mass is 10.0. The summed E-state index contributed by atoms with van der Waals surface area (Å²) in [5.74, 6) is 0.0724. The lowest BCUT2D eigenvalue weighted by molar-refractivity contribution is 0.636. The van der Waals surface area contributed by atoms with Gasteiger partial charge >= 0.3 is 0 Å². The van der Waals surface area contributed by atoms with E-state index in [1.165, 1.54) is 11.0 Å². The van der Waals surface area contributed by atoms with Gasteiger partial charge < -0.3 is 10.7 Å². The summed E-state index contributed by atoms with van der Waals surface area (Å²) in [6.07, 6.45) is 6.77. The Morgan fingerprint density at radius 1 is 1.15 bits per heavy atom. The van der Waals surface area contributed by atoms with Gasteiger partial charge in [0.15, 0.2) is 5.82 Å². The fourth-order valence-corrected chi connectivity index (χ4v) is 4.68. The van der Waals surface area contributed by atoms with Crippen LogP contribution in [0.15, 0.2) is 67.0 Å². The number of pyridine rings is 1. The van der Waals surface area contributed by atoms with Crippen LogP contribution in [0.4, 0.5) is 4.39 Å². The molecule has 1 aromatic carbocycles. The number of allylic oxidation sites excluding steroid dienone is 4. The summed E-state index contributed by atoms with van der Waals surface area (Å²) in [7, 11) is 0. The minimum atomic E-state index is -0.398. The molecular weight excluding hydrogens is 435 g/mol. The van der Waals surface area contributed by atoms with Gasteiger partial charge in [0, 0.05) is 22.3 Å². The maximum absolute atomic E-state index is 15.8. The van der Waals surface area contributed by atoms with E-state index < -0.39 is 5.82 Å². The van der Waals surface area contributed by atoms with Crippen LogP contribution >= 0.6 is 11.3 Å². The number of nitrogens with zero attached hydrogens (tertiary/aromatic N) is 3. The van der Waals surface area contributed by atoms with E-state index in [2.05, 4.69) is 39.7 Å². The summed E-state index contributed by atoms with van der Waals surface area (Å²) in [6.45, 7) is 7.55. The number of hydrogen-bond acceptors (Lipinski definition) is 5. The Morgan fingerprint density at radius 2 is 2.00 bits per heavy atom. The first-order chi connectivity index (χ1) is 16.0. The molecule has 0 unspecified atom stereocenters. The fourth-order valence-electron chi connectivity index (χ4n) is 3.81. The maximum Gasteiger partial charge on any atom is 0.159 e. The van der Waals surface area contributed by atoms with Crippen molar-refractivity contribution in [2.75, 3.05) is 0 Å². The molecule has 4 heterocycles. The van der Waals surface area contributed by atoms with Crippen molar-refractivity contribution in [3.63, 3.8) is 0 Å². The molecule has 4 N–H and O–H groups in total. The van der Waals surface area contributed by atoms with Gasteiger partial charge in [-0.3, -0.25) is 10.1 Å². The van der Waals surface area contributed by atoms with Crippen molar-refractivity contribution in [3.05, 3.63) is 83.3 Å². The highest BCUT2D eigenvalue weighted by Crippen LogP contribution is 2.35. The molecule has 5 rings (SSSR count). The van der Waals surface area contributed by atoms with Gasteiger partial charge in [0.25, 0.3) is 0 Å². The Kier molecular flexibility index (Phi) is 5.14. The van der Waals surface area contributed by atoms with Crippen LogP contribution in [0.1, 0.15) is 17.4 Å². The highest BCUT2D eigenvalue weighted by molar-refractivity contribution is 7.15. The first-order valence-electron chi connectivity index (χ1n) is 10.3. The molecule has 0 saturated carbocycles. The van der Waals surface area contributed by atoms with Gasteiger partial charge in [0.05, 0.1) is 21.3 Å². The van der Waals surface area contributed by atoms with Gasteiger partial charge in [0.1, 0.15) is 22.7 Å². The summed E-state index contributed by atoms with van der Waals surface area (Å²) in [6, 6.07) is 9.45. The van der Waals surface area contributed by atoms with Crippen molar-refractivity contribution in [3.8, 4) is 22.1 Å². The van der Waals surface area contributed by atoms with E-state index in [-0.39, 0.29) is 0 Å². The Bertz CT molecular complexity index is 1580. The number of rotatable bonds is 5. The van der Waals surface area contributed by atoms with Crippen molar-refractivity contribution in [2.24, 2.45) is 5.73 Å². The monoisotopic (exact) mass is 456 g/mol. The second kappa shape index (κ2) is 8.14. The number of thiophene rings is 1. The second-order valence-corrected chi connectivity index (χ2v) is 8.85. The van der Waals surface area contributed by atoms with E-state index in [4.69, 9.17) is 10.7 Å². The number of benzene rings is 1. The minimum absolute atomic E-state index is 0.359. The molecule has 33 heavy (non-hydrogen) atoms. The summed E-state index contributed by atoms with van der Waals surface area (Å²) in [5, 5.41) is 7.66. The van der Waals surface area contributed by atoms with Gasteiger partial charge in [-0.1, -0.05) is 12.7 Å². The average molecular weight is 457 g/mol. The zero-order chi connectivity index (χ0) is 23.1. The first-order valence-corrected chi connectivity index (χ1v) is 11.2. The summed E-state index contributed by atoms with van der Waals surface area (Å²) in [5.41, 5.74) is 10.7. The number of imidazole rings is 1. The molecule has 0 aliphatic rings. The molecule has 0 aliphatic carbocycles. The normalized spacial score (nSPS) is 12.7. The topological polar surface area (TPSA) is 96.3 Å². The summed E-state index contributed by atoms with van der Waals surface area (Å²) >= 11 is 1.65. The molecule has 8 heteroatoms. The predicted octanol–water partition coefficient (Wildman–Crippen LogP) is 6.11. The first kappa shape index (κ1) is 20.8. The van der Waals surface area contributed by atoms with Crippen LogP contribution in [0, 0.1) is 12.7 Å². The van der Waals surface area contributed by atoms with Crippen LogP contribution in [-0.4, -0.2) is 25.1 Å². The van der Waals surface area contributed by atoms with Crippen molar-refractivity contribution in [1.82, 2.24) is 25.1 Å². The molecule has 0 saturated heterocycles. The zero-order valence-electron chi connectivity index (χ0n) is 18.1. The van der Waals surface area contributed by atoms with Gasteiger partial charge in [-0.05, 0) is 61.9 Å². The third kappa shape index (κ3) is 3.54. The van der Waals surface area contributed by atoms with Crippen LogP contribution in [0.3, 0.4) is 0 Å². The smallest absolute Gasteiger partial charge is 0.159 e. The number of nitrogens with two attached hydrogens (primary N) is 1. The molecule has 4 aromatic heterocycles. The van der Waals surface area contributed by atoms with Crippen LogP contribution in [-0.2, 0) is 0 Å². The Hall–Kier alpha value is -4.04. The number of hydrogen-bond donors (Lipinski definition) is 3. The number of aromatic amines is 2. The Morgan fingerprint density at radius 3 is 2.73 bits per heavy atom. The second-order valence-electron chi connectivity index (χ2n) is 7.57. The maximum atomic E-state index is 15.8. The van der Waals surface area contributed by atoms with Gasteiger partial charge in [-0.2, -0.15) is 5.10 Å². The van der Waals surface area contributed by atoms with E-state index in [9.17, 15) is 0 Å². The molecule has 6 nitrogen and oxygen atoms in total. The Balaban J connectivity index is 1.69. The van der Waals surface area contributed by atoms with Crippen molar-refractivity contribution in [1.29, 1.82) is 0 Å². The molecule has 0 atom stereocenters. The number of nitrogens with one attached hydrogen (secondary N) is 2. The summed E-state index contributed by atoms with van der Waals surface area (Å²) in [4.78, 5) is 14.8. The van der Waals surface area contributed by atoms with Gasteiger partial charge in [0.2, 0.25) is 0 Å². The van der Waals surface area contributed by atoms with Gasteiger partial charge in [-0.15, -0.1) is 11.3 Å². The molecule has 0 aliphatic heterocycles. The van der Waals surface area contributed by atoms with E-state index in [0.29, 0.717) is 39.3 Å². The SMILES string of the molecule is C=C/C(N)=C\C(=C/C)c1ccc2[nH]nc(-c3nc4c(-c5ccc(C)s5)nccc4[nH]3)c2c1F. The highest BCUT2D eigenvalue weighted by atomic mass is 32.1. The van der Waals surface area contributed by atoms with Crippen LogP contribution < -0.4 is 5.73 Å². The summed E-state index contributed by atoms with van der Waals surface area (Å²) < 4.78 is 15.8. The predicted molar refractivity (Wildman–Crippen MR) is 133 cm³/mol. The molecule has 0 radical (unpaired) electrons. The van der Waals surface area contributed by atoms with Crippen LogP contribution in [0.25, 0.3) is 49.6 Å². The highest BCUT2D eigenvalue weighted by Gasteiger charge is 2.21. The van der Waals surface area contributed by atoms with Crippen molar-refractivity contribution < 1.29 is 4.39 Å².